The highest BCUT2D eigenvalue weighted by atomic mass is 16.5. The van der Waals surface area contributed by atoms with Crippen LogP contribution < -0.4 is 4.74 Å². The zero-order chi connectivity index (χ0) is 21.8. The number of imidazole rings is 1. The first-order valence-electron chi connectivity index (χ1n) is 11.0. The van der Waals surface area contributed by atoms with Gasteiger partial charge in [-0.3, -0.25) is 9.36 Å². The molecule has 1 aliphatic rings. The number of aryl methyl sites for hydroxylation is 1. The number of ether oxygens (including phenoxy) is 1. The Morgan fingerprint density at radius 1 is 1.19 bits per heavy atom. The lowest BCUT2D eigenvalue weighted by Crippen LogP contribution is -2.31. The number of hydrogen-bond donors (Lipinski definition) is 0. The second-order valence-electron chi connectivity index (χ2n) is 8.32. The fourth-order valence-corrected chi connectivity index (χ4v) is 4.26. The fourth-order valence-electron chi connectivity index (χ4n) is 4.26. The molecular weight excluding hydrogens is 388 g/mol. The van der Waals surface area contributed by atoms with Crippen molar-refractivity contribution in [3.63, 3.8) is 0 Å². The van der Waals surface area contributed by atoms with Crippen molar-refractivity contribution in [2.45, 2.75) is 51.5 Å². The molecule has 1 atom stereocenters. The third-order valence-electron chi connectivity index (χ3n) is 5.89. The van der Waals surface area contributed by atoms with Crippen LogP contribution in [-0.2, 0) is 11.2 Å². The summed E-state index contributed by atoms with van der Waals surface area (Å²) in [5.41, 5.74) is 2.10. The molecule has 3 heterocycles. The van der Waals surface area contributed by atoms with E-state index in [4.69, 9.17) is 9.72 Å². The van der Waals surface area contributed by atoms with Gasteiger partial charge in [0, 0.05) is 31.3 Å². The summed E-state index contributed by atoms with van der Waals surface area (Å²) in [5, 5.41) is 0. The topological polar surface area (TPSA) is 60.2 Å². The molecule has 31 heavy (non-hydrogen) atoms. The summed E-state index contributed by atoms with van der Waals surface area (Å²) in [7, 11) is 1.66. The van der Waals surface area contributed by atoms with Gasteiger partial charge in [0.1, 0.15) is 17.4 Å². The van der Waals surface area contributed by atoms with Crippen LogP contribution in [0.1, 0.15) is 62.2 Å². The molecule has 0 spiro atoms. The number of carbonyl (C=O) groups excluding carboxylic acids is 1. The van der Waals surface area contributed by atoms with Crippen LogP contribution in [0.5, 0.6) is 5.75 Å². The van der Waals surface area contributed by atoms with E-state index in [1.54, 1.807) is 7.11 Å². The molecule has 162 valence electrons. The number of benzene rings is 1. The Labute approximate surface area is 183 Å². The smallest absolute Gasteiger partial charge is 0.223 e. The van der Waals surface area contributed by atoms with Crippen LogP contribution in [0.25, 0.3) is 5.82 Å². The molecule has 1 aromatic carbocycles. The van der Waals surface area contributed by atoms with Gasteiger partial charge in [-0.05, 0) is 49.1 Å². The Hall–Kier alpha value is -3.15. The fraction of sp³-hybridized carbons (Fsp3) is 0.400. The van der Waals surface area contributed by atoms with E-state index in [0.29, 0.717) is 12.3 Å². The number of amides is 1. The van der Waals surface area contributed by atoms with Gasteiger partial charge in [-0.15, -0.1) is 0 Å². The highest BCUT2D eigenvalue weighted by Crippen LogP contribution is 2.32. The van der Waals surface area contributed by atoms with Crippen molar-refractivity contribution in [1.29, 1.82) is 0 Å². The van der Waals surface area contributed by atoms with Gasteiger partial charge < -0.3 is 9.64 Å². The summed E-state index contributed by atoms with van der Waals surface area (Å²) in [5.74, 6) is 3.18. The molecule has 6 nitrogen and oxygen atoms in total. The van der Waals surface area contributed by atoms with Crippen molar-refractivity contribution >= 4 is 5.91 Å². The minimum absolute atomic E-state index is 0.0364. The molecule has 3 aromatic rings. The first-order chi connectivity index (χ1) is 15.1. The SMILES string of the molecule is COc1ccc(CCC(=O)N2CCCC2c2cccc(-n3ccnc3C(C)C)n2)cc1. The molecule has 6 heteroatoms. The lowest BCUT2D eigenvalue weighted by atomic mass is 10.1. The Morgan fingerprint density at radius 2 is 2.00 bits per heavy atom. The van der Waals surface area contributed by atoms with Gasteiger partial charge in [0.25, 0.3) is 0 Å². The summed E-state index contributed by atoms with van der Waals surface area (Å²) < 4.78 is 7.25. The highest BCUT2D eigenvalue weighted by Gasteiger charge is 2.30. The van der Waals surface area contributed by atoms with Gasteiger partial charge in [0.05, 0.1) is 18.8 Å². The molecule has 0 N–H and O–H groups in total. The highest BCUT2D eigenvalue weighted by molar-refractivity contribution is 5.77. The van der Waals surface area contributed by atoms with Gasteiger partial charge in [0.15, 0.2) is 0 Å². The number of methoxy groups -OCH3 is 1. The van der Waals surface area contributed by atoms with Crippen molar-refractivity contribution in [3.05, 3.63) is 71.9 Å². The summed E-state index contributed by atoms with van der Waals surface area (Å²) in [6.45, 7) is 5.05. The van der Waals surface area contributed by atoms with Crippen molar-refractivity contribution in [3.8, 4) is 11.6 Å². The van der Waals surface area contributed by atoms with Gasteiger partial charge >= 0.3 is 0 Å². The summed E-state index contributed by atoms with van der Waals surface area (Å²) in [6.07, 6.45) is 6.95. The van der Waals surface area contributed by atoms with E-state index >= 15 is 0 Å². The third-order valence-corrected chi connectivity index (χ3v) is 5.89. The van der Waals surface area contributed by atoms with E-state index in [0.717, 1.165) is 54.5 Å². The van der Waals surface area contributed by atoms with Gasteiger partial charge in [-0.1, -0.05) is 32.0 Å². The maximum atomic E-state index is 13.0. The minimum atomic E-state index is 0.0364. The number of likely N-dealkylation sites (tertiary alicyclic amines) is 1. The number of nitrogens with zero attached hydrogens (tertiary/aromatic N) is 4. The van der Waals surface area contributed by atoms with E-state index in [2.05, 4.69) is 18.8 Å². The molecule has 0 radical (unpaired) electrons. The molecule has 1 unspecified atom stereocenters. The van der Waals surface area contributed by atoms with E-state index in [1.165, 1.54) is 0 Å². The van der Waals surface area contributed by atoms with Crippen molar-refractivity contribution in [2.24, 2.45) is 0 Å². The molecule has 4 rings (SSSR count). The predicted molar refractivity (Wildman–Crippen MR) is 120 cm³/mol. The van der Waals surface area contributed by atoms with Gasteiger partial charge in [-0.2, -0.15) is 0 Å². The molecule has 1 saturated heterocycles. The predicted octanol–water partition coefficient (Wildman–Crippen LogP) is 4.70. The molecular formula is C25H30N4O2. The Bertz CT molecular complexity index is 1030. The summed E-state index contributed by atoms with van der Waals surface area (Å²) in [6, 6.07) is 14.0. The molecule has 0 saturated carbocycles. The Balaban J connectivity index is 1.47. The minimum Gasteiger partial charge on any atom is -0.497 e. The largest absolute Gasteiger partial charge is 0.497 e. The van der Waals surface area contributed by atoms with Gasteiger partial charge in [-0.25, -0.2) is 9.97 Å². The number of carbonyl (C=O) groups is 1. The van der Waals surface area contributed by atoms with E-state index in [9.17, 15) is 4.79 Å². The number of pyridine rings is 1. The first-order valence-corrected chi connectivity index (χ1v) is 11.0. The summed E-state index contributed by atoms with van der Waals surface area (Å²) >= 11 is 0. The first kappa shape index (κ1) is 21.1. The summed E-state index contributed by atoms with van der Waals surface area (Å²) in [4.78, 5) is 24.5. The standard InChI is InChI=1S/C25H30N4O2/c1-18(2)25-26-15-17-29(25)23-8-4-6-21(27-23)22-7-5-16-28(22)24(30)14-11-19-9-12-20(31-3)13-10-19/h4,6,8-10,12-13,15,17-18,22H,5,7,11,14,16H2,1-3H3. The Kier molecular flexibility index (Phi) is 6.35. The lowest BCUT2D eigenvalue weighted by molar-refractivity contribution is -0.132. The monoisotopic (exact) mass is 418 g/mol. The Morgan fingerprint density at radius 3 is 2.74 bits per heavy atom. The average molecular weight is 419 g/mol. The second-order valence-corrected chi connectivity index (χ2v) is 8.32. The molecule has 0 aliphatic carbocycles. The van der Waals surface area contributed by atoms with Crippen molar-refractivity contribution in [1.82, 2.24) is 19.4 Å². The van der Waals surface area contributed by atoms with E-state index in [1.807, 2.05) is 64.3 Å². The zero-order valence-corrected chi connectivity index (χ0v) is 18.5. The van der Waals surface area contributed by atoms with E-state index < -0.39 is 0 Å². The van der Waals surface area contributed by atoms with Crippen LogP contribution in [0.15, 0.2) is 54.9 Å². The van der Waals surface area contributed by atoms with Gasteiger partial charge in [0.2, 0.25) is 5.91 Å². The quantitative estimate of drug-likeness (QED) is 0.558. The molecule has 1 aliphatic heterocycles. The van der Waals surface area contributed by atoms with E-state index in [-0.39, 0.29) is 11.9 Å². The number of rotatable bonds is 7. The maximum Gasteiger partial charge on any atom is 0.223 e. The second kappa shape index (κ2) is 9.33. The number of aromatic nitrogens is 3. The van der Waals surface area contributed by atoms with Crippen LogP contribution >= 0.6 is 0 Å². The third kappa shape index (κ3) is 4.63. The molecule has 1 fully saturated rings. The molecule has 0 bridgehead atoms. The maximum absolute atomic E-state index is 13.0. The van der Waals surface area contributed by atoms with Crippen LogP contribution in [0.3, 0.4) is 0 Å². The van der Waals surface area contributed by atoms with Crippen molar-refractivity contribution < 1.29 is 9.53 Å². The van der Waals surface area contributed by atoms with Crippen LogP contribution in [0, 0.1) is 0 Å². The lowest BCUT2D eigenvalue weighted by Gasteiger charge is -2.25. The van der Waals surface area contributed by atoms with Crippen LogP contribution in [0.2, 0.25) is 0 Å². The zero-order valence-electron chi connectivity index (χ0n) is 18.5. The molecule has 2 aromatic heterocycles. The normalized spacial score (nSPS) is 16.1. The number of hydrogen-bond acceptors (Lipinski definition) is 4. The van der Waals surface area contributed by atoms with Crippen LogP contribution in [0.4, 0.5) is 0 Å². The van der Waals surface area contributed by atoms with Crippen LogP contribution in [-0.4, -0.2) is 39.0 Å². The van der Waals surface area contributed by atoms with Crippen molar-refractivity contribution in [2.75, 3.05) is 13.7 Å². The molecule has 1 amide bonds. The average Bonchev–Trinajstić information content (AvgIpc) is 3.48.